The van der Waals surface area contributed by atoms with Crippen LogP contribution in [0.3, 0.4) is 0 Å². The Morgan fingerprint density at radius 2 is 2.24 bits per heavy atom. The number of aryl methyl sites for hydroxylation is 1. The first kappa shape index (κ1) is 15.6. The van der Waals surface area contributed by atoms with Crippen molar-refractivity contribution in [2.75, 3.05) is 19.5 Å². The maximum absolute atomic E-state index is 11.1. The van der Waals surface area contributed by atoms with Gasteiger partial charge in [-0.1, -0.05) is 11.6 Å². The van der Waals surface area contributed by atoms with Crippen molar-refractivity contribution < 1.29 is 14.3 Å². The zero-order valence-corrected chi connectivity index (χ0v) is 13.3. The first-order valence-corrected chi connectivity index (χ1v) is 7.50. The number of hydrogen-bond donors (Lipinski definition) is 1. The Bertz CT molecular complexity index is 630. The van der Waals surface area contributed by atoms with Gasteiger partial charge in [0.1, 0.15) is 5.75 Å². The molecule has 5 nitrogen and oxygen atoms in total. The minimum atomic E-state index is -0.242. The Labute approximate surface area is 131 Å². The lowest BCUT2D eigenvalue weighted by molar-refractivity contribution is -0.140. The first-order valence-electron chi connectivity index (χ1n) is 6.24. The zero-order valence-electron chi connectivity index (χ0n) is 11.7. The van der Waals surface area contributed by atoms with E-state index in [9.17, 15) is 4.79 Å². The van der Waals surface area contributed by atoms with Crippen LogP contribution in [-0.2, 0) is 16.0 Å². The highest BCUT2D eigenvalue weighted by molar-refractivity contribution is 7.13. The maximum atomic E-state index is 11.1. The van der Waals surface area contributed by atoms with Gasteiger partial charge in [-0.3, -0.25) is 4.79 Å². The quantitative estimate of drug-likeness (QED) is 0.821. The average molecular weight is 327 g/mol. The van der Waals surface area contributed by atoms with Crippen LogP contribution in [0.15, 0.2) is 23.6 Å². The van der Waals surface area contributed by atoms with Crippen molar-refractivity contribution in [3.05, 3.63) is 34.3 Å². The second kappa shape index (κ2) is 7.28. The van der Waals surface area contributed by atoms with Crippen LogP contribution in [0.4, 0.5) is 10.8 Å². The summed E-state index contributed by atoms with van der Waals surface area (Å²) in [5.41, 5.74) is 1.57. The van der Waals surface area contributed by atoms with E-state index in [-0.39, 0.29) is 5.97 Å². The highest BCUT2D eigenvalue weighted by Crippen LogP contribution is 2.30. The molecule has 1 aromatic carbocycles. The minimum Gasteiger partial charge on any atom is -0.497 e. The number of nitrogens with zero attached hydrogens (tertiary/aromatic N) is 1. The molecule has 0 bridgehead atoms. The van der Waals surface area contributed by atoms with Crippen molar-refractivity contribution in [2.24, 2.45) is 0 Å². The van der Waals surface area contributed by atoms with E-state index in [0.29, 0.717) is 28.7 Å². The average Bonchev–Trinajstić information content (AvgIpc) is 2.94. The number of nitrogens with one attached hydrogen (secondary N) is 1. The molecule has 0 saturated carbocycles. The molecule has 0 radical (unpaired) electrons. The number of carbonyl (C=O) groups is 1. The molecule has 1 aromatic heterocycles. The predicted octanol–water partition coefficient (Wildman–Crippen LogP) is 3.65. The van der Waals surface area contributed by atoms with Crippen molar-refractivity contribution in [1.82, 2.24) is 4.98 Å². The van der Waals surface area contributed by atoms with E-state index in [1.54, 1.807) is 25.3 Å². The topological polar surface area (TPSA) is 60.5 Å². The van der Waals surface area contributed by atoms with Gasteiger partial charge in [-0.05, 0) is 12.1 Å². The molecule has 0 atom stereocenters. The number of carbonyl (C=O) groups excluding carboxylic acids is 1. The molecule has 0 aliphatic rings. The number of rotatable bonds is 6. The molecule has 0 saturated heterocycles. The number of hydrogen-bond acceptors (Lipinski definition) is 6. The minimum absolute atomic E-state index is 0.242. The van der Waals surface area contributed by atoms with Gasteiger partial charge in [0.05, 0.1) is 37.0 Å². The van der Waals surface area contributed by atoms with Crippen LogP contribution < -0.4 is 10.1 Å². The van der Waals surface area contributed by atoms with Crippen LogP contribution in [-0.4, -0.2) is 25.2 Å². The summed E-state index contributed by atoms with van der Waals surface area (Å²) in [6.07, 6.45) is 0.871. The van der Waals surface area contributed by atoms with Gasteiger partial charge in [0.25, 0.3) is 0 Å². The molecule has 0 fully saturated rings. The van der Waals surface area contributed by atoms with Crippen LogP contribution in [0.5, 0.6) is 5.75 Å². The number of anilines is 2. The number of esters is 1. The molecule has 112 valence electrons. The Morgan fingerprint density at radius 1 is 1.43 bits per heavy atom. The normalized spacial score (nSPS) is 10.2. The van der Waals surface area contributed by atoms with Crippen LogP contribution in [0.2, 0.25) is 5.02 Å². The van der Waals surface area contributed by atoms with Crippen molar-refractivity contribution in [3.63, 3.8) is 0 Å². The number of ether oxygens (including phenoxy) is 2. The smallest absolute Gasteiger partial charge is 0.305 e. The van der Waals surface area contributed by atoms with Gasteiger partial charge in [-0.2, -0.15) is 0 Å². The number of thiazole rings is 1. The molecule has 1 N–H and O–H groups in total. The molecule has 0 aliphatic carbocycles. The molecule has 2 aromatic rings. The monoisotopic (exact) mass is 326 g/mol. The van der Waals surface area contributed by atoms with Gasteiger partial charge < -0.3 is 14.8 Å². The number of aromatic nitrogens is 1. The standard InChI is InChI=1S/C14H15ClN2O3S/c1-19-10-4-5-11(15)12(7-10)17-14-16-9(8-21-14)3-6-13(18)20-2/h4-5,7-8H,3,6H2,1-2H3,(H,16,17). The summed E-state index contributed by atoms with van der Waals surface area (Å²) in [5.74, 6) is 0.470. The third-order valence-corrected chi connectivity index (χ3v) is 3.92. The molecular weight excluding hydrogens is 312 g/mol. The third-order valence-electron chi connectivity index (χ3n) is 2.78. The van der Waals surface area contributed by atoms with E-state index >= 15 is 0 Å². The summed E-state index contributed by atoms with van der Waals surface area (Å²) < 4.78 is 9.77. The fourth-order valence-electron chi connectivity index (χ4n) is 1.65. The molecule has 21 heavy (non-hydrogen) atoms. The molecule has 0 amide bonds. The van der Waals surface area contributed by atoms with E-state index in [1.807, 2.05) is 5.38 Å². The fraction of sp³-hybridized carbons (Fsp3) is 0.286. The molecule has 0 spiro atoms. The molecule has 0 unspecified atom stereocenters. The maximum Gasteiger partial charge on any atom is 0.305 e. The highest BCUT2D eigenvalue weighted by Gasteiger charge is 2.08. The summed E-state index contributed by atoms with van der Waals surface area (Å²) >= 11 is 7.58. The van der Waals surface area contributed by atoms with E-state index in [1.165, 1.54) is 18.4 Å². The lowest BCUT2D eigenvalue weighted by Crippen LogP contribution is -2.02. The highest BCUT2D eigenvalue weighted by atomic mass is 35.5. The van der Waals surface area contributed by atoms with Gasteiger partial charge in [0.2, 0.25) is 0 Å². The lowest BCUT2D eigenvalue weighted by Gasteiger charge is -2.07. The summed E-state index contributed by atoms with van der Waals surface area (Å²) in [5, 5.41) is 6.35. The van der Waals surface area contributed by atoms with Gasteiger partial charge in [0.15, 0.2) is 5.13 Å². The Balaban J connectivity index is 2.03. The number of benzene rings is 1. The van der Waals surface area contributed by atoms with Crippen molar-refractivity contribution >= 4 is 39.7 Å². The Morgan fingerprint density at radius 3 is 2.95 bits per heavy atom. The SMILES string of the molecule is COC(=O)CCc1csc(Nc2cc(OC)ccc2Cl)n1. The lowest BCUT2D eigenvalue weighted by atomic mass is 10.2. The second-order valence-corrected chi connectivity index (χ2v) is 5.46. The van der Waals surface area contributed by atoms with Crippen LogP contribution in [0.1, 0.15) is 12.1 Å². The molecule has 7 heteroatoms. The van der Waals surface area contributed by atoms with Gasteiger partial charge >= 0.3 is 5.97 Å². The van der Waals surface area contributed by atoms with Gasteiger partial charge in [0, 0.05) is 17.9 Å². The third kappa shape index (κ3) is 4.34. The fourth-order valence-corrected chi connectivity index (χ4v) is 2.58. The Hall–Kier alpha value is -1.79. The Kier molecular flexibility index (Phi) is 5.41. The van der Waals surface area contributed by atoms with E-state index in [0.717, 1.165) is 11.4 Å². The van der Waals surface area contributed by atoms with Crippen molar-refractivity contribution in [3.8, 4) is 5.75 Å². The summed E-state index contributed by atoms with van der Waals surface area (Å²) in [6.45, 7) is 0. The summed E-state index contributed by atoms with van der Waals surface area (Å²) in [6, 6.07) is 5.35. The van der Waals surface area contributed by atoms with Crippen molar-refractivity contribution in [2.45, 2.75) is 12.8 Å². The first-order chi connectivity index (χ1) is 10.1. The van der Waals surface area contributed by atoms with Gasteiger partial charge in [-0.25, -0.2) is 4.98 Å². The van der Waals surface area contributed by atoms with Crippen LogP contribution in [0, 0.1) is 0 Å². The predicted molar refractivity (Wildman–Crippen MR) is 83.7 cm³/mol. The molecule has 1 heterocycles. The molecular formula is C14H15ClN2O3S. The van der Waals surface area contributed by atoms with E-state index < -0.39 is 0 Å². The largest absolute Gasteiger partial charge is 0.497 e. The van der Waals surface area contributed by atoms with E-state index in [4.69, 9.17) is 16.3 Å². The van der Waals surface area contributed by atoms with Crippen LogP contribution in [0.25, 0.3) is 0 Å². The molecule has 2 rings (SSSR count). The second-order valence-electron chi connectivity index (χ2n) is 4.19. The number of methoxy groups -OCH3 is 2. The van der Waals surface area contributed by atoms with Crippen LogP contribution >= 0.6 is 22.9 Å². The zero-order chi connectivity index (χ0) is 15.2. The summed E-state index contributed by atoms with van der Waals surface area (Å²) in [4.78, 5) is 15.5. The molecule has 0 aliphatic heterocycles. The van der Waals surface area contributed by atoms with Gasteiger partial charge in [-0.15, -0.1) is 11.3 Å². The van der Waals surface area contributed by atoms with Crippen molar-refractivity contribution in [1.29, 1.82) is 0 Å². The number of halogens is 1. The van der Waals surface area contributed by atoms with E-state index in [2.05, 4.69) is 15.0 Å². The summed E-state index contributed by atoms with van der Waals surface area (Å²) in [7, 11) is 2.97.